The van der Waals surface area contributed by atoms with Gasteiger partial charge in [0, 0.05) is 31.2 Å². The maximum absolute atomic E-state index is 12.2. The van der Waals surface area contributed by atoms with Gasteiger partial charge in [-0.2, -0.15) is 0 Å². The van der Waals surface area contributed by atoms with E-state index in [0.29, 0.717) is 18.0 Å². The number of hydrogen-bond donors (Lipinski definition) is 2. The van der Waals surface area contributed by atoms with E-state index in [9.17, 15) is 4.79 Å². The normalized spacial score (nSPS) is 25.4. The molecule has 2 fully saturated rings. The Kier molecular flexibility index (Phi) is 4.40. The Morgan fingerprint density at radius 3 is 2.56 bits per heavy atom. The lowest BCUT2D eigenvalue weighted by Gasteiger charge is -2.34. The van der Waals surface area contributed by atoms with E-state index < -0.39 is 5.54 Å². The molecule has 1 atom stereocenters. The van der Waals surface area contributed by atoms with Crippen LogP contribution in [0.25, 0.3) is 11.4 Å². The third-order valence-electron chi connectivity index (χ3n) is 6.16. The number of carbonyl (C=O) groups is 1. The van der Waals surface area contributed by atoms with Gasteiger partial charge in [-0.25, -0.2) is 15.0 Å². The number of carbonyl (C=O) groups excluding carboxylic acids is 1. The van der Waals surface area contributed by atoms with Crippen LogP contribution in [0.5, 0.6) is 0 Å². The molecule has 1 amide bonds. The smallest absolute Gasteiger partial charge is 0.246 e. The summed E-state index contributed by atoms with van der Waals surface area (Å²) in [5, 5.41) is 6.48. The maximum atomic E-state index is 12.2. The van der Waals surface area contributed by atoms with Crippen LogP contribution in [0.3, 0.4) is 0 Å². The summed E-state index contributed by atoms with van der Waals surface area (Å²) in [6.07, 6.45) is 12.5. The fourth-order valence-corrected chi connectivity index (χ4v) is 4.05. The molecule has 1 unspecified atom stereocenters. The molecule has 7 nitrogen and oxygen atoms in total. The average molecular weight is 368 g/mol. The first-order valence-electron chi connectivity index (χ1n) is 9.78. The van der Waals surface area contributed by atoms with Crippen LogP contribution in [0.15, 0.2) is 24.9 Å². The van der Waals surface area contributed by atoms with Crippen LogP contribution in [0.2, 0.25) is 0 Å². The third kappa shape index (κ3) is 3.42. The highest BCUT2D eigenvalue weighted by molar-refractivity contribution is 5.86. The zero-order valence-corrected chi connectivity index (χ0v) is 16.3. The summed E-state index contributed by atoms with van der Waals surface area (Å²) in [6, 6.07) is 0.411. The highest BCUT2D eigenvalue weighted by Crippen LogP contribution is 2.37. The molecule has 4 rings (SSSR count). The number of nitrogens with zero attached hydrogens (tertiary/aromatic N) is 4. The molecule has 27 heavy (non-hydrogen) atoms. The Balaban J connectivity index is 1.56. The third-order valence-corrected chi connectivity index (χ3v) is 6.16. The van der Waals surface area contributed by atoms with Crippen molar-refractivity contribution in [1.29, 1.82) is 0 Å². The summed E-state index contributed by atoms with van der Waals surface area (Å²) < 4.78 is 1.90. The summed E-state index contributed by atoms with van der Waals surface area (Å²) in [7, 11) is 0. The molecule has 7 heteroatoms. The van der Waals surface area contributed by atoms with Crippen LogP contribution in [0, 0.1) is 5.41 Å². The Hall–Kier alpha value is -2.44. The van der Waals surface area contributed by atoms with Crippen LogP contribution in [-0.4, -0.2) is 38.0 Å². The number of imidazole rings is 1. The van der Waals surface area contributed by atoms with Crippen LogP contribution < -0.4 is 10.6 Å². The van der Waals surface area contributed by atoms with Crippen LogP contribution in [0.1, 0.15) is 52.9 Å². The molecule has 1 saturated carbocycles. The number of hydrogen-bond acceptors (Lipinski definition) is 5. The number of nitrogens with one attached hydrogen (secondary N) is 2. The quantitative estimate of drug-likeness (QED) is 0.867. The van der Waals surface area contributed by atoms with E-state index in [4.69, 9.17) is 0 Å². The molecule has 0 aromatic carbocycles. The maximum Gasteiger partial charge on any atom is 0.246 e. The fourth-order valence-electron chi connectivity index (χ4n) is 4.05. The van der Waals surface area contributed by atoms with E-state index in [1.807, 2.05) is 17.7 Å². The van der Waals surface area contributed by atoms with E-state index in [-0.39, 0.29) is 5.91 Å². The SMILES string of the molecule is CC1(C)CCC(Nc2nccnc2-c2cn(C3(C)CCNC3=O)cn2)CC1. The summed E-state index contributed by atoms with van der Waals surface area (Å²) in [4.78, 5) is 25.8. The molecule has 1 saturated heterocycles. The van der Waals surface area contributed by atoms with Crippen molar-refractivity contribution in [3.05, 3.63) is 24.9 Å². The molecular formula is C20H28N6O. The second kappa shape index (κ2) is 6.62. The number of anilines is 1. The summed E-state index contributed by atoms with van der Waals surface area (Å²) in [6.45, 7) is 7.31. The largest absolute Gasteiger partial charge is 0.365 e. The highest BCUT2D eigenvalue weighted by atomic mass is 16.2. The minimum atomic E-state index is -0.587. The van der Waals surface area contributed by atoms with E-state index in [1.165, 1.54) is 12.8 Å². The molecule has 2 aromatic heterocycles. The zero-order valence-electron chi connectivity index (χ0n) is 16.3. The Bertz CT molecular complexity index is 835. The molecule has 2 aliphatic rings. The lowest BCUT2D eigenvalue weighted by atomic mass is 9.75. The minimum Gasteiger partial charge on any atom is -0.365 e. The van der Waals surface area contributed by atoms with E-state index in [2.05, 4.69) is 39.4 Å². The zero-order chi connectivity index (χ0) is 19.1. The van der Waals surface area contributed by atoms with Gasteiger partial charge in [-0.1, -0.05) is 13.8 Å². The molecule has 0 radical (unpaired) electrons. The topological polar surface area (TPSA) is 84.7 Å². The molecular weight excluding hydrogens is 340 g/mol. The molecule has 1 aliphatic heterocycles. The first-order chi connectivity index (χ1) is 12.9. The second-order valence-corrected chi connectivity index (χ2v) is 8.78. The van der Waals surface area contributed by atoms with Gasteiger partial charge in [-0.05, 0) is 44.4 Å². The Labute approximate surface area is 160 Å². The van der Waals surface area contributed by atoms with Crippen molar-refractivity contribution in [1.82, 2.24) is 24.8 Å². The standard InChI is InChI=1S/C20H28N6O/c1-19(2)6-4-14(5-7-19)25-17-16(21-10-11-22-17)15-12-26(13-24-15)20(3)8-9-23-18(20)27/h10-14H,4-9H2,1-3H3,(H,22,25)(H,23,27). The first kappa shape index (κ1) is 17.9. The van der Waals surface area contributed by atoms with Crippen molar-refractivity contribution in [3.63, 3.8) is 0 Å². The van der Waals surface area contributed by atoms with Crippen molar-refractivity contribution >= 4 is 11.7 Å². The highest BCUT2D eigenvalue weighted by Gasteiger charge is 2.39. The Morgan fingerprint density at radius 1 is 1.11 bits per heavy atom. The van der Waals surface area contributed by atoms with Crippen LogP contribution in [0.4, 0.5) is 5.82 Å². The van der Waals surface area contributed by atoms with Crippen molar-refractivity contribution in [3.8, 4) is 11.4 Å². The molecule has 144 valence electrons. The number of amides is 1. The summed E-state index contributed by atoms with van der Waals surface area (Å²) in [5.41, 5.74) is 1.32. The Morgan fingerprint density at radius 2 is 1.85 bits per heavy atom. The predicted octanol–water partition coefficient (Wildman–Crippen LogP) is 2.96. The van der Waals surface area contributed by atoms with E-state index >= 15 is 0 Å². The number of rotatable bonds is 4. The van der Waals surface area contributed by atoms with E-state index in [1.54, 1.807) is 18.7 Å². The monoisotopic (exact) mass is 368 g/mol. The average Bonchev–Trinajstić information content (AvgIpc) is 3.26. The van der Waals surface area contributed by atoms with Crippen molar-refractivity contribution < 1.29 is 4.79 Å². The lowest BCUT2D eigenvalue weighted by Crippen LogP contribution is -2.37. The molecule has 2 aromatic rings. The number of aromatic nitrogens is 4. The van der Waals surface area contributed by atoms with Gasteiger partial charge in [0.15, 0.2) is 5.82 Å². The second-order valence-electron chi connectivity index (χ2n) is 8.78. The van der Waals surface area contributed by atoms with Gasteiger partial charge < -0.3 is 15.2 Å². The predicted molar refractivity (Wildman–Crippen MR) is 104 cm³/mol. The molecule has 2 N–H and O–H groups in total. The van der Waals surface area contributed by atoms with E-state index in [0.717, 1.165) is 36.5 Å². The molecule has 1 aliphatic carbocycles. The van der Waals surface area contributed by atoms with Gasteiger partial charge in [0.25, 0.3) is 0 Å². The molecule has 0 spiro atoms. The van der Waals surface area contributed by atoms with Crippen molar-refractivity contribution in [2.45, 2.75) is 64.5 Å². The van der Waals surface area contributed by atoms with Gasteiger partial charge in [-0.3, -0.25) is 4.79 Å². The summed E-state index contributed by atoms with van der Waals surface area (Å²) in [5.74, 6) is 0.808. The van der Waals surface area contributed by atoms with Gasteiger partial charge in [-0.15, -0.1) is 0 Å². The fraction of sp³-hybridized carbons (Fsp3) is 0.600. The molecule has 0 bridgehead atoms. The first-order valence-corrected chi connectivity index (χ1v) is 9.78. The van der Waals surface area contributed by atoms with Crippen molar-refractivity contribution in [2.24, 2.45) is 5.41 Å². The van der Waals surface area contributed by atoms with Crippen LogP contribution in [-0.2, 0) is 10.3 Å². The van der Waals surface area contributed by atoms with Gasteiger partial charge in [0.1, 0.15) is 16.9 Å². The van der Waals surface area contributed by atoms with Gasteiger partial charge in [0.2, 0.25) is 5.91 Å². The van der Waals surface area contributed by atoms with Crippen LogP contribution >= 0.6 is 0 Å². The summed E-state index contributed by atoms with van der Waals surface area (Å²) >= 11 is 0. The van der Waals surface area contributed by atoms with Gasteiger partial charge >= 0.3 is 0 Å². The van der Waals surface area contributed by atoms with Crippen molar-refractivity contribution in [2.75, 3.05) is 11.9 Å². The minimum absolute atomic E-state index is 0.0359. The van der Waals surface area contributed by atoms with Gasteiger partial charge in [0.05, 0.1) is 6.33 Å². The lowest BCUT2D eigenvalue weighted by molar-refractivity contribution is -0.125. The molecule has 3 heterocycles.